The van der Waals surface area contributed by atoms with Crippen LogP contribution < -0.4 is 0 Å². The molecule has 2 aliphatic heterocycles. The second-order valence-corrected chi connectivity index (χ2v) is 4.77. The highest BCUT2D eigenvalue weighted by Gasteiger charge is 2.42. The molecule has 4 nitrogen and oxygen atoms in total. The van der Waals surface area contributed by atoms with Crippen molar-refractivity contribution >= 4 is 5.91 Å². The molecule has 1 amide bonds. The summed E-state index contributed by atoms with van der Waals surface area (Å²) in [4.78, 5) is 14.0. The third kappa shape index (κ3) is 2.01. The second-order valence-electron chi connectivity index (χ2n) is 4.77. The average molecular weight is 213 g/mol. The van der Waals surface area contributed by atoms with Gasteiger partial charge in [0.2, 0.25) is 0 Å². The highest BCUT2D eigenvalue weighted by molar-refractivity contribution is 5.85. The van der Waals surface area contributed by atoms with Crippen LogP contribution >= 0.6 is 0 Å². The van der Waals surface area contributed by atoms with E-state index < -0.39 is 5.60 Å². The van der Waals surface area contributed by atoms with Gasteiger partial charge in [-0.2, -0.15) is 0 Å². The van der Waals surface area contributed by atoms with Crippen molar-refractivity contribution in [2.24, 2.45) is 5.92 Å². The normalized spacial score (nSPS) is 36.1. The van der Waals surface area contributed by atoms with Gasteiger partial charge < -0.3 is 14.7 Å². The highest BCUT2D eigenvalue weighted by atomic mass is 16.5. The quantitative estimate of drug-likeness (QED) is 0.722. The number of hydrogen-bond acceptors (Lipinski definition) is 3. The number of aliphatic hydroxyl groups is 1. The molecule has 15 heavy (non-hydrogen) atoms. The average Bonchev–Trinajstić information content (AvgIpc) is 2.85. The van der Waals surface area contributed by atoms with E-state index in [1.54, 1.807) is 0 Å². The monoisotopic (exact) mass is 213 g/mol. The Morgan fingerprint density at radius 1 is 1.67 bits per heavy atom. The predicted molar refractivity (Wildman–Crippen MR) is 55.4 cm³/mol. The van der Waals surface area contributed by atoms with Gasteiger partial charge in [-0.25, -0.2) is 0 Å². The standard InChI is InChI=1S/C11H19NO3/c1-11(4-2-6-15-11)10(14)12-5-3-9(7-12)8-13/h9,13H,2-8H2,1H3. The van der Waals surface area contributed by atoms with E-state index in [9.17, 15) is 4.79 Å². The lowest BCUT2D eigenvalue weighted by atomic mass is 10.0. The molecule has 2 heterocycles. The summed E-state index contributed by atoms with van der Waals surface area (Å²) in [7, 11) is 0. The first-order valence-electron chi connectivity index (χ1n) is 5.70. The lowest BCUT2D eigenvalue weighted by molar-refractivity contribution is -0.150. The summed E-state index contributed by atoms with van der Waals surface area (Å²) in [5.41, 5.74) is -0.593. The number of aliphatic hydroxyl groups excluding tert-OH is 1. The maximum Gasteiger partial charge on any atom is 0.254 e. The Kier molecular flexibility index (Phi) is 2.98. The zero-order valence-corrected chi connectivity index (χ0v) is 9.24. The minimum Gasteiger partial charge on any atom is -0.396 e. The van der Waals surface area contributed by atoms with Crippen molar-refractivity contribution < 1.29 is 14.6 Å². The van der Waals surface area contributed by atoms with E-state index in [4.69, 9.17) is 9.84 Å². The first-order chi connectivity index (χ1) is 7.15. The van der Waals surface area contributed by atoms with Crippen LogP contribution in [0.1, 0.15) is 26.2 Å². The number of likely N-dealkylation sites (tertiary alicyclic amines) is 1. The summed E-state index contributed by atoms with van der Waals surface area (Å²) in [6, 6.07) is 0. The molecular formula is C11H19NO3. The van der Waals surface area contributed by atoms with Crippen LogP contribution in [-0.4, -0.2) is 47.8 Å². The molecule has 0 aromatic heterocycles. The van der Waals surface area contributed by atoms with Gasteiger partial charge in [-0.05, 0) is 26.2 Å². The van der Waals surface area contributed by atoms with Gasteiger partial charge in [0.25, 0.3) is 5.91 Å². The molecule has 0 aliphatic carbocycles. The van der Waals surface area contributed by atoms with Gasteiger partial charge in [-0.15, -0.1) is 0 Å². The largest absolute Gasteiger partial charge is 0.396 e. The maximum atomic E-state index is 12.2. The number of amides is 1. The minimum absolute atomic E-state index is 0.107. The van der Waals surface area contributed by atoms with Gasteiger partial charge in [0.05, 0.1) is 0 Å². The minimum atomic E-state index is -0.593. The Morgan fingerprint density at radius 2 is 2.47 bits per heavy atom. The molecule has 0 saturated carbocycles. The summed E-state index contributed by atoms with van der Waals surface area (Å²) in [6.07, 6.45) is 2.71. The first-order valence-corrected chi connectivity index (χ1v) is 5.70. The molecular weight excluding hydrogens is 194 g/mol. The van der Waals surface area contributed by atoms with Crippen LogP contribution in [0, 0.1) is 5.92 Å². The Labute approximate surface area is 90.2 Å². The van der Waals surface area contributed by atoms with Crippen molar-refractivity contribution in [3.63, 3.8) is 0 Å². The van der Waals surface area contributed by atoms with Crippen molar-refractivity contribution in [1.29, 1.82) is 0 Å². The number of nitrogens with zero attached hydrogens (tertiary/aromatic N) is 1. The Morgan fingerprint density at radius 3 is 3.00 bits per heavy atom. The zero-order valence-electron chi connectivity index (χ0n) is 9.24. The topological polar surface area (TPSA) is 49.8 Å². The van der Waals surface area contributed by atoms with Crippen molar-refractivity contribution in [1.82, 2.24) is 4.90 Å². The fourth-order valence-corrected chi connectivity index (χ4v) is 2.45. The lowest BCUT2D eigenvalue weighted by Gasteiger charge is -2.28. The van der Waals surface area contributed by atoms with Gasteiger partial charge in [0, 0.05) is 32.2 Å². The van der Waals surface area contributed by atoms with Crippen LogP contribution in [0.5, 0.6) is 0 Å². The fourth-order valence-electron chi connectivity index (χ4n) is 2.45. The first kappa shape index (κ1) is 10.9. The number of rotatable bonds is 2. The van der Waals surface area contributed by atoms with Crippen LogP contribution in [0.25, 0.3) is 0 Å². The van der Waals surface area contributed by atoms with Gasteiger partial charge in [0.1, 0.15) is 5.60 Å². The van der Waals surface area contributed by atoms with Crippen LogP contribution in [0.15, 0.2) is 0 Å². The fraction of sp³-hybridized carbons (Fsp3) is 0.909. The summed E-state index contributed by atoms with van der Waals surface area (Å²) in [6.45, 7) is 4.22. The second kappa shape index (κ2) is 4.10. The van der Waals surface area contributed by atoms with Gasteiger partial charge >= 0.3 is 0 Å². The molecule has 0 aromatic rings. The molecule has 1 N–H and O–H groups in total. The van der Waals surface area contributed by atoms with E-state index in [0.29, 0.717) is 13.2 Å². The molecule has 2 rings (SSSR count). The van der Waals surface area contributed by atoms with Gasteiger partial charge in [-0.3, -0.25) is 4.79 Å². The van der Waals surface area contributed by atoms with Crippen LogP contribution in [-0.2, 0) is 9.53 Å². The molecule has 2 saturated heterocycles. The maximum absolute atomic E-state index is 12.2. The van der Waals surface area contributed by atoms with Gasteiger partial charge in [0.15, 0.2) is 0 Å². The SMILES string of the molecule is CC1(C(=O)N2CCC(CO)C2)CCCO1. The molecule has 2 fully saturated rings. The van der Waals surface area contributed by atoms with E-state index in [1.165, 1.54) is 0 Å². The van der Waals surface area contributed by atoms with Gasteiger partial charge in [-0.1, -0.05) is 0 Å². The third-order valence-electron chi connectivity index (χ3n) is 3.50. The van der Waals surface area contributed by atoms with Crippen molar-refractivity contribution in [3.05, 3.63) is 0 Å². The van der Waals surface area contributed by atoms with E-state index in [0.717, 1.165) is 25.8 Å². The molecule has 0 aromatic carbocycles. The molecule has 2 unspecified atom stereocenters. The van der Waals surface area contributed by atoms with Crippen molar-refractivity contribution in [2.75, 3.05) is 26.3 Å². The Bertz CT molecular complexity index is 248. The lowest BCUT2D eigenvalue weighted by Crippen LogP contribution is -2.45. The number of ether oxygens (including phenoxy) is 1. The van der Waals surface area contributed by atoms with E-state index in [2.05, 4.69) is 0 Å². The van der Waals surface area contributed by atoms with E-state index in [1.807, 2.05) is 11.8 Å². The smallest absolute Gasteiger partial charge is 0.254 e. The summed E-state index contributed by atoms with van der Waals surface area (Å²) >= 11 is 0. The summed E-state index contributed by atoms with van der Waals surface area (Å²) in [5, 5.41) is 9.03. The van der Waals surface area contributed by atoms with E-state index >= 15 is 0 Å². The molecule has 0 radical (unpaired) electrons. The third-order valence-corrected chi connectivity index (χ3v) is 3.50. The van der Waals surface area contributed by atoms with Crippen molar-refractivity contribution in [3.8, 4) is 0 Å². The number of carbonyl (C=O) groups is 1. The summed E-state index contributed by atoms with van der Waals surface area (Å²) < 4.78 is 5.53. The zero-order chi connectivity index (χ0) is 10.9. The molecule has 4 heteroatoms. The highest BCUT2D eigenvalue weighted by Crippen LogP contribution is 2.29. The van der Waals surface area contributed by atoms with Crippen LogP contribution in [0.2, 0.25) is 0 Å². The Hall–Kier alpha value is -0.610. The molecule has 2 aliphatic rings. The van der Waals surface area contributed by atoms with Crippen LogP contribution in [0.3, 0.4) is 0 Å². The molecule has 2 atom stereocenters. The molecule has 86 valence electrons. The van der Waals surface area contributed by atoms with E-state index in [-0.39, 0.29) is 18.4 Å². The van der Waals surface area contributed by atoms with Crippen LogP contribution in [0.4, 0.5) is 0 Å². The van der Waals surface area contributed by atoms with Crippen molar-refractivity contribution in [2.45, 2.75) is 31.8 Å². The number of carbonyl (C=O) groups excluding carboxylic acids is 1. The Balaban J connectivity index is 1.96. The number of hydrogen-bond donors (Lipinski definition) is 1. The summed E-state index contributed by atoms with van der Waals surface area (Å²) in [5.74, 6) is 0.370. The molecule has 0 spiro atoms. The predicted octanol–water partition coefficient (Wildman–Crippen LogP) is 0.396. The molecule has 0 bridgehead atoms.